The second kappa shape index (κ2) is 6.88. The van der Waals surface area contributed by atoms with Gasteiger partial charge < -0.3 is 14.2 Å². The molecule has 0 fully saturated rings. The Morgan fingerprint density at radius 3 is 2.40 bits per heavy atom. The second-order valence-corrected chi connectivity index (χ2v) is 4.93. The number of ether oxygens (including phenoxy) is 3. The Bertz CT molecular complexity index is 812. The quantitative estimate of drug-likeness (QED) is 0.467. The van der Waals surface area contributed by atoms with Crippen molar-refractivity contribution < 1.29 is 32.2 Å². The fourth-order valence-corrected chi connectivity index (χ4v) is 2.01. The maximum absolute atomic E-state index is 12.7. The molecule has 0 aliphatic carbocycles. The van der Waals surface area contributed by atoms with E-state index in [1.807, 2.05) is 0 Å². The molecule has 134 valence electrons. The average Bonchev–Trinajstić information content (AvgIpc) is 3.06. The summed E-state index contributed by atoms with van der Waals surface area (Å²) in [5, 5.41) is 3.49. The van der Waals surface area contributed by atoms with E-state index in [4.69, 9.17) is 9.47 Å². The number of benzene rings is 1. The van der Waals surface area contributed by atoms with Crippen LogP contribution in [0.15, 0.2) is 36.7 Å². The minimum absolute atomic E-state index is 0.175. The molecule has 1 heterocycles. The Hall–Kier alpha value is -2.97. The Morgan fingerprint density at radius 1 is 1.24 bits per heavy atom. The zero-order valence-electron chi connectivity index (χ0n) is 13.7. The summed E-state index contributed by atoms with van der Waals surface area (Å²) >= 11 is 0. The smallest absolute Gasteiger partial charge is 0.435 e. The predicted molar refractivity (Wildman–Crippen MR) is 81.6 cm³/mol. The maximum atomic E-state index is 12.7. The minimum Gasteiger partial charge on any atom is -0.496 e. The molecule has 2 rings (SSSR count). The Labute approximate surface area is 141 Å². The highest BCUT2D eigenvalue weighted by molar-refractivity contribution is 5.86. The van der Waals surface area contributed by atoms with Crippen molar-refractivity contribution in [3.8, 4) is 17.2 Å². The molecule has 0 bridgehead atoms. The van der Waals surface area contributed by atoms with Gasteiger partial charge in [0.1, 0.15) is 11.5 Å². The molecule has 25 heavy (non-hydrogen) atoms. The van der Waals surface area contributed by atoms with Crippen LogP contribution in [0.3, 0.4) is 0 Å². The number of hydrogen-bond acceptors (Lipinski definition) is 5. The number of carbonyl (C=O) groups is 1. The number of hydrogen-bond donors (Lipinski definition) is 0. The number of halogens is 3. The first-order valence-electron chi connectivity index (χ1n) is 6.94. The van der Waals surface area contributed by atoms with Crippen LogP contribution < -0.4 is 9.47 Å². The van der Waals surface area contributed by atoms with Gasteiger partial charge in [0, 0.05) is 23.9 Å². The highest BCUT2D eigenvalue weighted by atomic mass is 19.4. The van der Waals surface area contributed by atoms with E-state index < -0.39 is 17.8 Å². The zero-order valence-corrected chi connectivity index (χ0v) is 13.7. The van der Waals surface area contributed by atoms with Gasteiger partial charge in [-0.15, -0.1) is 0 Å². The predicted octanol–water partition coefficient (Wildman–Crippen LogP) is 3.27. The van der Waals surface area contributed by atoms with Gasteiger partial charge in [0.2, 0.25) is 5.76 Å². The van der Waals surface area contributed by atoms with Crippen LogP contribution in [0.2, 0.25) is 0 Å². The number of methoxy groups -OCH3 is 2. The lowest BCUT2D eigenvalue weighted by molar-refractivity contribution is -0.141. The minimum atomic E-state index is -4.56. The molecule has 0 saturated carbocycles. The highest BCUT2D eigenvalue weighted by Crippen LogP contribution is 2.33. The molecule has 0 aliphatic heterocycles. The van der Waals surface area contributed by atoms with Crippen LogP contribution >= 0.6 is 0 Å². The lowest BCUT2D eigenvalue weighted by atomic mass is 10.1. The van der Waals surface area contributed by atoms with E-state index in [1.165, 1.54) is 26.4 Å². The Morgan fingerprint density at radius 2 is 1.88 bits per heavy atom. The van der Waals surface area contributed by atoms with Gasteiger partial charge in [-0.3, -0.25) is 0 Å². The van der Waals surface area contributed by atoms with Crippen LogP contribution in [0.25, 0.3) is 5.69 Å². The molecular formula is C16H15F3N2O4. The van der Waals surface area contributed by atoms with E-state index in [0.717, 1.165) is 16.9 Å². The van der Waals surface area contributed by atoms with Crippen LogP contribution in [0, 0.1) is 6.92 Å². The molecule has 0 N–H and O–H groups in total. The summed E-state index contributed by atoms with van der Waals surface area (Å²) in [4.78, 5) is 11.4. The van der Waals surface area contributed by atoms with Crippen LogP contribution in [-0.4, -0.2) is 30.0 Å². The Balaban J connectivity index is 2.46. The highest BCUT2D eigenvalue weighted by Gasteiger charge is 2.33. The van der Waals surface area contributed by atoms with Gasteiger partial charge >= 0.3 is 12.1 Å². The first-order valence-corrected chi connectivity index (χ1v) is 6.94. The molecule has 0 amide bonds. The van der Waals surface area contributed by atoms with Crippen molar-refractivity contribution in [2.45, 2.75) is 13.1 Å². The van der Waals surface area contributed by atoms with E-state index in [0.29, 0.717) is 11.3 Å². The summed E-state index contributed by atoms with van der Waals surface area (Å²) in [5.74, 6) is -0.536. The third-order valence-corrected chi connectivity index (χ3v) is 3.31. The molecule has 0 saturated heterocycles. The summed E-state index contributed by atoms with van der Waals surface area (Å²) in [6, 6.07) is 3.76. The first-order chi connectivity index (χ1) is 11.7. The fourth-order valence-electron chi connectivity index (χ4n) is 2.01. The topological polar surface area (TPSA) is 62.6 Å². The SMILES string of the molecule is C=C(Oc1cc(-n2ccc(C(F)(F)F)n2)cc(OC)c1C)C(=O)OC. The second-order valence-electron chi connectivity index (χ2n) is 4.93. The molecule has 1 aromatic carbocycles. The molecule has 0 radical (unpaired) electrons. The number of rotatable bonds is 5. The van der Waals surface area contributed by atoms with Gasteiger partial charge in [0.05, 0.1) is 19.9 Å². The van der Waals surface area contributed by atoms with Crippen molar-refractivity contribution in [2.75, 3.05) is 14.2 Å². The van der Waals surface area contributed by atoms with Crippen molar-refractivity contribution >= 4 is 5.97 Å². The molecule has 0 spiro atoms. The molecule has 9 heteroatoms. The van der Waals surface area contributed by atoms with Crippen molar-refractivity contribution in [1.82, 2.24) is 9.78 Å². The van der Waals surface area contributed by atoms with Crippen molar-refractivity contribution in [1.29, 1.82) is 0 Å². The molecule has 0 atom stereocenters. The van der Waals surface area contributed by atoms with Gasteiger partial charge in [-0.1, -0.05) is 0 Å². The van der Waals surface area contributed by atoms with Gasteiger partial charge in [0.25, 0.3) is 0 Å². The van der Waals surface area contributed by atoms with E-state index in [2.05, 4.69) is 16.4 Å². The van der Waals surface area contributed by atoms with E-state index in [-0.39, 0.29) is 17.2 Å². The molecular weight excluding hydrogens is 341 g/mol. The molecule has 1 aromatic heterocycles. The van der Waals surface area contributed by atoms with E-state index >= 15 is 0 Å². The van der Waals surface area contributed by atoms with E-state index in [1.54, 1.807) is 6.92 Å². The number of aromatic nitrogens is 2. The average molecular weight is 356 g/mol. The summed E-state index contributed by atoms with van der Waals surface area (Å²) < 4.78 is 54.2. The standard InChI is InChI=1S/C16H15F3N2O4/c1-9-12(23-3)7-11(8-13(9)25-10(2)15(22)24-4)21-6-5-14(20-21)16(17,18)19/h5-8H,2H2,1,3-4H3. The lowest BCUT2D eigenvalue weighted by Gasteiger charge is -2.15. The number of carbonyl (C=O) groups excluding carboxylic acids is 1. The van der Waals surface area contributed by atoms with Crippen LogP contribution in [0.4, 0.5) is 13.2 Å². The Kier molecular flexibility index (Phi) is 5.05. The van der Waals surface area contributed by atoms with Crippen molar-refractivity contribution in [3.05, 3.63) is 48.0 Å². The van der Waals surface area contributed by atoms with Gasteiger partial charge in [0.15, 0.2) is 5.69 Å². The number of nitrogens with zero attached hydrogens (tertiary/aromatic N) is 2. The van der Waals surface area contributed by atoms with Crippen molar-refractivity contribution in [2.24, 2.45) is 0 Å². The lowest BCUT2D eigenvalue weighted by Crippen LogP contribution is -2.11. The van der Waals surface area contributed by atoms with Crippen LogP contribution in [0.1, 0.15) is 11.3 Å². The third kappa shape index (κ3) is 3.93. The fraction of sp³-hybridized carbons (Fsp3) is 0.250. The normalized spacial score (nSPS) is 11.1. The molecule has 0 aliphatic rings. The molecule has 6 nitrogen and oxygen atoms in total. The first kappa shape index (κ1) is 18.4. The van der Waals surface area contributed by atoms with Gasteiger partial charge in [-0.05, 0) is 19.6 Å². The number of esters is 1. The summed E-state index contributed by atoms with van der Waals surface area (Å²) in [6.45, 7) is 5.11. The van der Waals surface area contributed by atoms with Crippen molar-refractivity contribution in [3.63, 3.8) is 0 Å². The number of alkyl halides is 3. The largest absolute Gasteiger partial charge is 0.496 e. The monoisotopic (exact) mass is 356 g/mol. The molecule has 2 aromatic rings. The summed E-state index contributed by atoms with van der Waals surface area (Å²) in [6.07, 6.45) is -3.40. The summed E-state index contributed by atoms with van der Waals surface area (Å²) in [5.41, 5.74) is -0.251. The van der Waals surface area contributed by atoms with Gasteiger partial charge in [-0.25, -0.2) is 9.48 Å². The summed E-state index contributed by atoms with van der Waals surface area (Å²) in [7, 11) is 2.57. The van der Waals surface area contributed by atoms with Crippen LogP contribution in [-0.2, 0) is 15.7 Å². The maximum Gasteiger partial charge on any atom is 0.435 e. The third-order valence-electron chi connectivity index (χ3n) is 3.31. The zero-order chi connectivity index (χ0) is 18.8. The van der Waals surface area contributed by atoms with Crippen LogP contribution in [0.5, 0.6) is 11.5 Å². The van der Waals surface area contributed by atoms with Gasteiger partial charge in [-0.2, -0.15) is 18.3 Å². The molecule has 0 unspecified atom stereocenters. The van der Waals surface area contributed by atoms with E-state index in [9.17, 15) is 18.0 Å².